The quantitative estimate of drug-likeness (QED) is 0.315. The van der Waals surface area contributed by atoms with Crippen LogP contribution in [-0.4, -0.2) is 55.8 Å². The van der Waals surface area contributed by atoms with Gasteiger partial charge in [0.15, 0.2) is 23.0 Å². The molecule has 5 atom stereocenters. The third kappa shape index (κ3) is 4.61. The van der Waals surface area contributed by atoms with Gasteiger partial charge in [0.1, 0.15) is 5.75 Å². The molecule has 1 saturated heterocycles. The lowest BCUT2D eigenvalue weighted by molar-refractivity contribution is -0.141. The number of amides is 1. The highest BCUT2D eigenvalue weighted by Gasteiger charge is 2.53. The maximum absolute atomic E-state index is 13.4. The number of methoxy groups -OCH3 is 2. The van der Waals surface area contributed by atoms with E-state index in [1.165, 1.54) is 14.2 Å². The monoisotopic (exact) mass is 562 g/mol. The minimum Gasteiger partial charge on any atom is -0.508 e. The van der Waals surface area contributed by atoms with Crippen LogP contribution in [0.5, 0.6) is 34.5 Å². The third-order valence-electron chi connectivity index (χ3n) is 8.07. The number of esters is 1. The summed E-state index contributed by atoms with van der Waals surface area (Å²) in [7, 11) is 2.87. The molecule has 3 aliphatic rings. The molecule has 41 heavy (non-hydrogen) atoms. The van der Waals surface area contributed by atoms with E-state index in [1.807, 2.05) is 12.1 Å². The molecule has 0 aromatic heterocycles. The smallest absolute Gasteiger partial charge is 0.310 e. The predicted molar refractivity (Wildman–Crippen MR) is 144 cm³/mol. The standard InChI is InChI=1S/C30H30N2O9/c1-37-23-8-15(9-24(38-2)28(23)34)25-17-10-21-22(41-13-40-21)11-18(17)27(19-12-39-30(36)26(19)25)32-29(35)20(31)7-14-3-5-16(33)6-4-14/h3-6,8-11,19-20,25-27,33-34H,7,12-13,31H2,1-2H3,(H,32,35)/t19-,20-,25+,26-,27+/m0/s1. The minimum atomic E-state index is -0.878. The fraction of sp³-hybridized carbons (Fsp3) is 0.333. The van der Waals surface area contributed by atoms with E-state index in [2.05, 4.69) is 5.32 Å². The molecule has 1 aliphatic carbocycles. The minimum absolute atomic E-state index is 0.0488. The molecular weight excluding hydrogens is 532 g/mol. The van der Waals surface area contributed by atoms with E-state index in [9.17, 15) is 19.8 Å². The van der Waals surface area contributed by atoms with Crippen LogP contribution < -0.4 is 30.0 Å². The van der Waals surface area contributed by atoms with Crippen molar-refractivity contribution in [2.24, 2.45) is 17.6 Å². The molecule has 3 aromatic carbocycles. The Morgan fingerprint density at radius 3 is 2.27 bits per heavy atom. The van der Waals surface area contributed by atoms with Crippen LogP contribution in [0, 0.1) is 11.8 Å². The number of benzene rings is 3. The summed E-state index contributed by atoms with van der Waals surface area (Å²) in [6.45, 7) is 0.144. The van der Waals surface area contributed by atoms with E-state index >= 15 is 0 Å². The number of ether oxygens (including phenoxy) is 5. The molecule has 5 N–H and O–H groups in total. The van der Waals surface area contributed by atoms with Gasteiger partial charge in [-0.1, -0.05) is 12.1 Å². The number of hydrogen-bond donors (Lipinski definition) is 4. The average Bonchev–Trinajstić information content (AvgIpc) is 3.59. The summed E-state index contributed by atoms with van der Waals surface area (Å²) in [6, 6.07) is 12.0. The molecule has 0 radical (unpaired) electrons. The average molecular weight is 563 g/mol. The third-order valence-corrected chi connectivity index (χ3v) is 8.07. The van der Waals surface area contributed by atoms with Crippen molar-refractivity contribution in [1.29, 1.82) is 0 Å². The first-order valence-corrected chi connectivity index (χ1v) is 13.2. The van der Waals surface area contributed by atoms with E-state index in [0.717, 1.165) is 16.7 Å². The highest BCUT2D eigenvalue weighted by atomic mass is 16.7. The van der Waals surface area contributed by atoms with Gasteiger partial charge in [0.25, 0.3) is 0 Å². The Kier molecular flexibility index (Phi) is 6.74. The predicted octanol–water partition coefficient (Wildman–Crippen LogP) is 2.51. The molecule has 2 heterocycles. The summed E-state index contributed by atoms with van der Waals surface area (Å²) in [5.74, 6) is -1.000. The van der Waals surface area contributed by atoms with Gasteiger partial charge in [-0.25, -0.2) is 0 Å². The number of hydrogen-bond acceptors (Lipinski definition) is 10. The Balaban J connectivity index is 1.42. The van der Waals surface area contributed by atoms with Gasteiger partial charge in [0.05, 0.1) is 38.8 Å². The number of phenolic OH excluding ortho intramolecular Hbond substituents is 2. The molecule has 11 nitrogen and oxygen atoms in total. The van der Waals surface area contributed by atoms with Crippen molar-refractivity contribution in [3.05, 3.63) is 70.8 Å². The van der Waals surface area contributed by atoms with E-state index in [4.69, 9.17) is 29.4 Å². The number of nitrogens with two attached hydrogens (primary N) is 1. The van der Waals surface area contributed by atoms with Crippen molar-refractivity contribution in [2.45, 2.75) is 24.4 Å². The zero-order chi connectivity index (χ0) is 28.8. The molecule has 0 saturated carbocycles. The fourth-order valence-corrected chi connectivity index (χ4v) is 6.08. The number of aromatic hydroxyl groups is 2. The summed E-state index contributed by atoms with van der Waals surface area (Å²) in [5.41, 5.74) is 9.25. The van der Waals surface area contributed by atoms with Gasteiger partial charge in [-0.05, 0) is 65.1 Å². The van der Waals surface area contributed by atoms with E-state index in [1.54, 1.807) is 36.4 Å². The molecular formula is C30H30N2O9. The van der Waals surface area contributed by atoms with Crippen LogP contribution in [0.2, 0.25) is 0 Å². The Hall–Kier alpha value is -4.64. The number of phenols is 2. The summed E-state index contributed by atoms with van der Waals surface area (Å²) >= 11 is 0. The molecule has 0 bridgehead atoms. The number of rotatable bonds is 7. The molecule has 3 aromatic rings. The molecule has 1 fully saturated rings. The van der Waals surface area contributed by atoms with Crippen molar-refractivity contribution in [3.63, 3.8) is 0 Å². The van der Waals surface area contributed by atoms with Crippen molar-refractivity contribution < 1.29 is 43.5 Å². The van der Waals surface area contributed by atoms with Crippen LogP contribution in [0.15, 0.2) is 48.5 Å². The number of carbonyl (C=O) groups excluding carboxylic acids is 2. The van der Waals surface area contributed by atoms with Crippen LogP contribution in [-0.2, 0) is 20.7 Å². The summed E-state index contributed by atoms with van der Waals surface area (Å²) in [4.78, 5) is 26.7. The summed E-state index contributed by atoms with van der Waals surface area (Å²) in [6.07, 6.45) is 0.256. The van der Waals surface area contributed by atoms with Crippen molar-refractivity contribution in [3.8, 4) is 34.5 Å². The largest absolute Gasteiger partial charge is 0.508 e. The van der Waals surface area contributed by atoms with Crippen molar-refractivity contribution in [2.75, 3.05) is 27.6 Å². The van der Waals surface area contributed by atoms with Crippen LogP contribution in [0.3, 0.4) is 0 Å². The maximum Gasteiger partial charge on any atom is 0.310 e. The van der Waals surface area contributed by atoms with Gasteiger partial charge in [-0.2, -0.15) is 0 Å². The molecule has 2 aliphatic heterocycles. The normalized spacial score (nSPS) is 22.8. The van der Waals surface area contributed by atoms with E-state index in [-0.39, 0.29) is 42.8 Å². The molecule has 0 spiro atoms. The van der Waals surface area contributed by atoms with Crippen LogP contribution >= 0.6 is 0 Å². The van der Waals surface area contributed by atoms with Gasteiger partial charge in [0, 0.05) is 11.8 Å². The number of carbonyl (C=O) groups is 2. The first-order valence-electron chi connectivity index (χ1n) is 13.2. The number of nitrogens with one attached hydrogen (secondary N) is 1. The van der Waals surface area contributed by atoms with Crippen LogP contribution in [0.1, 0.15) is 34.2 Å². The lowest BCUT2D eigenvalue weighted by Crippen LogP contribution is -2.48. The van der Waals surface area contributed by atoms with Gasteiger partial charge >= 0.3 is 5.97 Å². The second-order valence-electron chi connectivity index (χ2n) is 10.4. The zero-order valence-corrected chi connectivity index (χ0v) is 22.5. The topological polar surface area (TPSA) is 159 Å². The Morgan fingerprint density at radius 1 is 1.00 bits per heavy atom. The fourth-order valence-electron chi connectivity index (χ4n) is 6.08. The maximum atomic E-state index is 13.4. The van der Waals surface area contributed by atoms with Crippen molar-refractivity contribution in [1.82, 2.24) is 5.32 Å². The summed E-state index contributed by atoms with van der Waals surface area (Å²) in [5, 5.41) is 23.2. The van der Waals surface area contributed by atoms with Gasteiger partial charge in [-0.15, -0.1) is 0 Å². The van der Waals surface area contributed by atoms with Crippen LogP contribution in [0.25, 0.3) is 0 Å². The van der Waals surface area contributed by atoms with Gasteiger partial charge in [0.2, 0.25) is 18.4 Å². The second-order valence-corrected chi connectivity index (χ2v) is 10.4. The molecule has 214 valence electrons. The Labute approximate surface area is 235 Å². The number of cyclic esters (lactones) is 1. The Morgan fingerprint density at radius 2 is 1.63 bits per heavy atom. The van der Waals surface area contributed by atoms with Gasteiger partial charge < -0.3 is 44.9 Å². The van der Waals surface area contributed by atoms with Gasteiger partial charge in [-0.3, -0.25) is 9.59 Å². The van der Waals surface area contributed by atoms with Crippen LogP contribution in [0.4, 0.5) is 0 Å². The van der Waals surface area contributed by atoms with E-state index in [0.29, 0.717) is 17.1 Å². The van der Waals surface area contributed by atoms with E-state index < -0.39 is 41.7 Å². The molecule has 6 rings (SSSR count). The first-order chi connectivity index (χ1) is 19.8. The van der Waals surface area contributed by atoms with Crippen molar-refractivity contribution >= 4 is 11.9 Å². The number of fused-ring (bicyclic) bond motifs is 3. The summed E-state index contributed by atoms with van der Waals surface area (Å²) < 4.78 is 27.7. The molecule has 1 amide bonds. The highest BCUT2D eigenvalue weighted by Crippen LogP contribution is 2.55. The highest BCUT2D eigenvalue weighted by molar-refractivity contribution is 5.84. The Bertz CT molecular complexity index is 1480. The second kappa shape index (κ2) is 10.4. The first kappa shape index (κ1) is 26.6. The SMILES string of the molecule is COc1cc([C@@H]2c3cc4c(cc3[C@@H](NC(=O)[C@@H](N)Cc3ccc(O)cc3)[C@H]3COC(=O)[C@H]23)OCO4)cc(OC)c1O. The lowest BCUT2D eigenvalue weighted by Gasteiger charge is -2.39. The lowest BCUT2D eigenvalue weighted by atomic mass is 9.65. The molecule has 0 unspecified atom stereocenters. The zero-order valence-electron chi connectivity index (χ0n) is 22.5. The molecule has 11 heteroatoms.